The SMILES string of the molecule is CCn1c(C)nnc1CN(C)[C@@H]1CCN(C[C@@H](O)Cn2cccn2)C1. The third kappa shape index (κ3) is 4.45. The number of likely N-dealkylation sites (tertiary alicyclic amines) is 1. The molecule has 1 saturated heterocycles. The Morgan fingerprint density at radius 3 is 2.92 bits per heavy atom. The summed E-state index contributed by atoms with van der Waals surface area (Å²) in [5.74, 6) is 2.00. The summed E-state index contributed by atoms with van der Waals surface area (Å²) >= 11 is 0. The van der Waals surface area contributed by atoms with E-state index in [-0.39, 0.29) is 0 Å². The van der Waals surface area contributed by atoms with Crippen LogP contribution in [0.4, 0.5) is 0 Å². The number of hydrogen-bond donors (Lipinski definition) is 1. The minimum Gasteiger partial charge on any atom is -0.390 e. The second kappa shape index (κ2) is 8.07. The van der Waals surface area contributed by atoms with Crippen LogP contribution in [0.15, 0.2) is 18.5 Å². The van der Waals surface area contributed by atoms with Gasteiger partial charge in [0.2, 0.25) is 0 Å². The minimum atomic E-state index is -0.394. The predicted octanol–water partition coefficient (Wildman–Crippen LogP) is 0.370. The quantitative estimate of drug-likeness (QED) is 0.744. The molecule has 3 heterocycles. The fourth-order valence-corrected chi connectivity index (χ4v) is 3.62. The molecule has 8 heteroatoms. The number of aryl methyl sites for hydroxylation is 1. The van der Waals surface area contributed by atoms with Crippen LogP contribution in [0, 0.1) is 6.92 Å². The molecule has 3 rings (SSSR count). The van der Waals surface area contributed by atoms with Gasteiger partial charge in [-0.3, -0.25) is 14.5 Å². The number of β-amino-alcohol motifs (C(OH)–C–C–N with tert-alkyl or cyclic N) is 1. The highest BCUT2D eigenvalue weighted by molar-refractivity contribution is 4.95. The van der Waals surface area contributed by atoms with Crippen LogP contribution in [0.1, 0.15) is 25.0 Å². The number of aliphatic hydroxyl groups is 1. The van der Waals surface area contributed by atoms with Crippen molar-refractivity contribution in [2.75, 3.05) is 26.7 Å². The van der Waals surface area contributed by atoms with Crippen molar-refractivity contribution in [1.29, 1.82) is 0 Å². The van der Waals surface area contributed by atoms with Gasteiger partial charge >= 0.3 is 0 Å². The molecule has 2 atom stereocenters. The number of aromatic nitrogens is 5. The number of aliphatic hydroxyl groups excluding tert-OH is 1. The summed E-state index contributed by atoms with van der Waals surface area (Å²) in [5.41, 5.74) is 0. The highest BCUT2D eigenvalue weighted by Gasteiger charge is 2.27. The standard InChI is InChI=1S/C17H29N7O/c1-4-24-14(2)19-20-17(24)13-21(3)15-6-9-22(10-15)11-16(25)12-23-8-5-7-18-23/h5,7-8,15-16,25H,4,6,9-13H2,1-3H3/t15-,16-/m1/s1. The smallest absolute Gasteiger partial charge is 0.147 e. The van der Waals surface area contributed by atoms with Crippen molar-refractivity contribution in [1.82, 2.24) is 34.3 Å². The summed E-state index contributed by atoms with van der Waals surface area (Å²) in [7, 11) is 2.15. The number of hydrogen-bond acceptors (Lipinski definition) is 6. The second-order valence-electron chi connectivity index (χ2n) is 6.91. The summed E-state index contributed by atoms with van der Waals surface area (Å²) in [5, 5.41) is 22.9. The molecular formula is C17H29N7O. The molecule has 1 aliphatic rings. The van der Waals surface area contributed by atoms with Gasteiger partial charge < -0.3 is 9.67 Å². The van der Waals surface area contributed by atoms with E-state index < -0.39 is 6.10 Å². The van der Waals surface area contributed by atoms with Crippen molar-refractivity contribution in [2.24, 2.45) is 0 Å². The molecule has 0 aliphatic carbocycles. The van der Waals surface area contributed by atoms with Gasteiger partial charge in [-0.05, 0) is 39.9 Å². The molecule has 0 amide bonds. The van der Waals surface area contributed by atoms with Crippen LogP contribution in [0.5, 0.6) is 0 Å². The monoisotopic (exact) mass is 347 g/mol. The average molecular weight is 347 g/mol. The van der Waals surface area contributed by atoms with E-state index in [1.165, 1.54) is 0 Å². The Hall–Kier alpha value is -1.77. The molecule has 1 N–H and O–H groups in total. The van der Waals surface area contributed by atoms with E-state index in [4.69, 9.17) is 0 Å². The van der Waals surface area contributed by atoms with E-state index in [1.807, 2.05) is 19.2 Å². The Morgan fingerprint density at radius 2 is 2.20 bits per heavy atom. The highest BCUT2D eigenvalue weighted by atomic mass is 16.3. The second-order valence-corrected chi connectivity index (χ2v) is 6.91. The van der Waals surface area contributed by atoms with Crippen molar-refractivity contribution in [3.63, 3.8) is 0 Å². The Morgan fingerprint density at radius 1 is 1.36 bits per heavy atom. The topological polar surface area (TPSA) is 75.2 Å². The first-order valence-electron chi connectivity index (χ1n) is 9.03. The summed E-state index contributed by atoms with van der Waals surface area (Å²) in [6.07, 6.45) is 4.35. The van der Waals surface area contributed by atoms with Gasteiger partial charge in [-0.25, -0.2) is 0 Å². The van der Waals surface area contributed by atoms with Crippen LogP contribution < -0.4 is 0 Å². The molecule has 0 aromatic carbocycles. The molecule has 1 aliphatic heterocycles. The molecule has 0 unspecified atom stereocenters. The Labute approximate surface area is 149 Å². The molecule has 1 fully saturated rings. The summed E-state index contributed by atoms with van der Waals surface area (Å²) in [4.78, 5) is 4.70. The van der Waals surface area contributed by atoms with Gasteiger partial charge in [-0.2, -0.15) is 5.10 Å². The maximum absolute atomic E-state index is 10.3. The van der Waals surface area contributed by atoms with Gasteiger partial charge in [0.1, 0.15) is 11.6 Å². The molecule has 0 spiro atoms. The largest absolute Gasteiger partial charge is 0.390 e. The zero-order valence-electron chi connectivity index (χ0n) is 15.4. The van der Waals surface area contributed by atoms with E-state index in [0.717, 1.165) is 44.2 Å². The molecule has 2 aromatic heterocycles. The minimum absolute atomic E-state index is 0.394. The first-order valence-corrected chi connectivity index (χ1v) is 9.03. The van der Waals surface area contributed by atoms with E-state index in [9.17, 15) is 5.11 Å². The lowest BCUT2D eigenvalue weighted by atomic mass is 10.2. The zero-order chi connectivity index (χ0) is 17.8. The fraction of sp³-hybridized carbons (Fsp3) is 0.706. The van der Waals surface area contributed by atoms with Crippen LogP contribution in [0.25, 0.3) is 0 Å². The zero-order valence-corrected chi connectivity index (χ0v) is 15.4. The van der Waals surface area contributed by atoms with Gasteiger partial charge in [-0.15, -0.1) is 10.2 Å². The van der Waals surface area contributed by atoms with E-state index >= 15 is 0 Å². The third-order valence-corrected chi connectivity index (χ3v) is 5.02. The van der Waals surface area contributed by atoms with E-state index in [0.29, 0.717) is 19.1 Å². The molecule has 0 saturated carbocycles. The molecule has 0 radical (unpaired) electrons. The first-order chi connectivity index (χ1) is 12.1. The Kier molecular flexibility index (Phi) is 5.82. The first kappa shape index (κ1) is 18.0. The highest BCUT2D eigenvalue weighted by Crippen LogP contribution is 2.17. The number of rotatable bonds is 8. The van der Waals surface area contributed by atoms with E-state index in [2.05, 4.69) is 43.6 Å². The Bertz CT molecular complexity index is 654. The van der Waals surface area contributed by atoms with Crippen LogP contribution >= 0.6 is 0 Å². The van der Waals surface area contributed by atoms with Crippen molar-refractivity contribution >= 4 is 0 Å². The lowest BCUT2D eigenvalue weighted by Crippen LogP contribution is -2.38. The van der Waals surface area contributed by atoms with Gasteiger partial charge in [0.15, 0.2) is 0 Å². The van der Waals surface area contributed by atoms with Crippen molar-refractivity contribution in [3.8, 4) is 0 Å². The number of likely N-dealkylation sites (N-methyl/N-ethyl adjacent to an activating group) is 1. The average Bonchev–Trinajstić information content (AvgIpc) is 3.30. The molecule has 138 valence electrons. The molecule has 2 aromatic rings. The summed E-state index contributed by atoms with van der Waals surface area (Å²) < 4.78 is 3.95. The van der Waals surface area contributed by atoms with Crippen LogP contribution in [0.2, 0.25) is 0 Å². The summed E-state index contributed by atoms with van der Waals surface area (Å²) in [6, 6.07) is 2.36. The maximum Gasteiger partial charge on any atom is 0.147 e. The van der Waals surface area contributed by atoms with Crippen molar-refractivity contribution in [3.05, 3.63) is 30.1 Å². The maximum atomic E-state index is 10.3. The van der Waals surface area contributed by atoms with Crippen LogP contribution in [-0.4, -0.2) is 78.3 Å². The van der Waals surface area contributed by atoms with Gasteiger partial charge in [-0.1, -0.05) is 0 Å². The molecule has 0 bridgehead atoms. The number of nitrogens with zero attached hydrogens (tertiary/aromatic N) is 7. The summed E-state index contributed by atoms with van der Waals surface area (Å²) in [6.45, 7) is 9.06. The normalized spacial score (nSPS) is 19.8. The predicted molar refractivity (Wildman–Crippen MR) is 95.0 cm³/mol. The van der Waals surface area contributed by atoms with Crippen molar-refractivity contribution < 1.29 is 5.11 Å². The third-order valence-electron chi connectivity index (χ3n) is 5.02. The van der Waals surface area contributed by atoms with Gasteiger partial charge in [0.25, 0.3) is 0 Å². The van der Waals surface area contributed by atoms with Gasteiger partial charge in [0, 0.05) is 38.1 Å². The van der Waals surface area contributed by atoms with Crippen LogP contribution in [0.3, 0.4) is 0 Å². The fourth-order valence-electron chi connectivity index (χ4n) is 3.62. The van der Waals surface area contributed by atoms with Gasteiger partial charge in [0.05, 0.1) is 19.2 Å². The van der Waals surface area contributed by atoms with Crippen LogP contribution in [-0.2, 0) is 19.6 Å². The Balaban J connectivity index is 1.48. The lowest BCUT2D eigenvalue weighted by molar-refractivity contribution is 0.101. The molecule has 25 heavy (non-hydrogen) atoms. The molecular weight excluding hydrogens is 318 g/mol. The van der Waals surface area contributed by atoms with E-state index in [1.54, 1.807) is 10.9 Å². The lowest BCUT2D eigenvalue weighted by Gasteiger charge is -2.25. The van der Waals surface area contributed by atoms with Crippen molar-refractivity contribution in [2.45, 2.75) is 52.0 Å². The molecule has 8 nitrogen and oxygen atoms in total.